The Morgan fingerprint density at radius 2 is 2.03 bits per heavy atom. The average molecular weight is 457 g/mol. The second-order valence-corrected chi connectivity index (χ2v) is 6.51. The van der Waals surface area contributed by atoms with Gasteiger partial charge in [-0.2, -0.15) is 9.78 Å². The smallest absolute Gasteiger partial charge is 0.406 e. The van der Waals surface area contributed by atoms with Crippen LogP contribution in [0.5, 0.6) is 5.75 Å². The van der Waals surface area contributed by atoms with E-state index >= 15 is 0 Å². The molecule has 0 aliphatic heterocycles. The van der Waals surface area contributed by atoms with Crippen molar-refractivity contribution in [2.24, 2.45) is 0 Å². The third-order valence-electron chi connectivity index (χ3n) is 3.83. The number of ether oxygens (including phenoxy) is 1. The molecular formula is C17H12ClF3N6O4. The number of benzene rings is 1. The first-order valence-corrected chi connectivity index (χ1v) is 8.79. The number of aromatic nitrogens is 4. The second kappa shape index (κ2) is 8.55. The zero-order chi connectivity index (χ0) is 22.8. The van der Waals surface area contributed by atoms with Crippen molar-refractivity contribution in [3.63, 3.8) is 0 Å². The maximum Gasteiger partial charge on any atom is 0.573 e. The predicted molar refractivity (Wildman–Crippen MR) is 99.8 cm³/mol. The molecule has 1 amide bonds. The van der Waals surface area contributed by atoms with Gasteiger partial charge in [-0.05, 0) is 25.1 Å². The van der Waals surface area contributed by atoms with Crippen LogP contribution >= 0.6 is 11.6 Å². The van der Waals surface area contributed by atoms with E-state index in [0.29, 0.717) is 0 Å². The Balaban J connectivity index is 1.83. The number of nitrogens with zero attached hydrogens (tertiary/aromatic N) is 5. The topological polar surface area (TPSA) is 125 Å². The van der Waals surface area contributed by atoms with Gasteiger partial charge in [0.25, 0.3) is 11.6 Å². The summed E-state index contributed by atoms with van der Waals surface area (Å²) in [6, 6.07) is 4.53. The first-order chi connectivity index (χ1) is 14.5. The lowest BCUT2D eigenvalue weighted by Crippen LogP contribution is -2.29. The minimum absolute atomic E-state index is 0.0893. The highest BCUT2D eigenvalue weighted by Crippen LogP contribution is 2.27. The van der Waals surface area contributed by atoms with Crippen LogP contribution in [0, 0.1) is 10.1 Å². The summed E-state index contributed by atoms with van der Waals surface area (Å²) in [6.07, 6.45) is -2.57. The van der Waals surface area contributed by atoms with Crippen LogP contribution in [-0.2, 0) is 0 Å². The minimum Gasteiger partial charge on any atom is -0.406 e. The van der Waals surface area contributed by atoms with Crippen LogP contribution in [-0.4, -0.2) is 36.9 Å². The van der Waals surface area contributed by atoms with Gasteiger partial charge < -0.3 is 10.1 Å². The van der Waals surface area contributed by atoms with E-state index in [9.17, 15) is 28.1 Å². The zero-order valence-electron chi connectivity index (χ0n) is 15.5. The normalized spacial score (nSPS) is 12.3. The van der Waals surface area contributed by atoms with Crippen molar-refractivity contribution in [1.29, 1.82) is 0 Å². The van der Waals surface area contributed by atoms with Crippen molar-refractivity contribution >= 4 is 23.2 Å². The third-order valence-corrected chi connectivity index (χ3v) is 4.05. The largest absolute Gasteiger partial charge is 0.573 e. The van der Waals surface area contributed by atoms with E-state index in [-0.39, 0.29) is 27.9 Å². The maximum atomic E-state index is 12.5. The molecule has 10 nitrogen and oxygen atoms in total. The van der Waals surface area contributed by atoms with E-state index in [1.807, 2.05) is 0 Å². The molecule has 0 fully saturated rings. The lowest BCUT2D eigenvalue weighted by atomic mass is 10.2. The quantitative estimate of drug-likeness (QED) is 0.443. The fourth-order valence-corrected chi connectivity index (χ4v) is 2.82. The molecule has 0 saturated carbocycles. The van der Waals surface area contributed by atoms with Gasteiger partial charge in [-0.3, -0.25) is 14.9 Å². The summed E-state index contributed by atoms with van der Waals surface area (Å²) >= 11 is 5.79. The van der Waals surface area contributed by atoms with E-state index in [1.165, 1.54) is 36.0 Å². The number of carbonyl (C=O) groups excluding carboxylic acids is 1. The monoisotopic (exact) mass is 456 g/mol. The van der Waals surface area contributed by atoms with E-state index < -0.39 is 29.0 Å². The summed E-state index contributed by atoms with van der Waals surface area (Å²) in [5.74, 6) is -1.15. The minimum atomic E-state index is -4.95. The summed E-state index contributed by atoms with van der Waals surface area (Å²) < 4.78 is 42.4. The molecule has 0 bridgehead atoms. The number of amides is 1. The molecular weight excluding hydrogens is 445 g/mol. The Hall–Kier alpha value is -3.74. The number of nitro groups is 1. The summed E-state index contributed by atoms with van der Waals surface area (Å²) in [6.45, 7) is 1.54. The van der Waals surface area contributed by atoms with Gasteiger partial charge in [-0.1, -0.05) is 11.6 Å². The number of pyridine rings is 1. The Labute approximate surface area is 176 Å². The Morgan fingerprint density at radius 3 is 2.71 bits per heavy atom. The molecule has 1 N–H and O–H groups in total. The number of rotatable bonds is 6. The van der Waals surface area contributed by atoms with Crippen molar-refractivity contribution in [3.05, 3.63) is 69.4 Å². The molecule has 14 heteroatoms. The number of carbonyl (C=O) groups is 1. The van der Waals surface area contributed by atoms with Gasteiger partial charge in [0.2, 0.25) is 0 Å². The van der Waals surface area contributed by atoms with E-state index in [0.717, 1.165) is 18.5 Å². The van der Waals surface area contributed by atoms with E-state index in [2.05, 4.69) is 25.1 Å². The zero-order valence-corrected chi connectivity index (χ0v) is 16.3. The van der Waals surface area contributed by atoms with E-state index in [4.69, 9.17) is 11.6 Å². The molecule has 0 aliphatic carbocycles. The van der Waals surface area contributed by atoms with Gasteiger partial charge in [0, 0.05) is 22.8 Å². The van der Waals surface area contributed by atoms with Crippen molar-refractivity contribution in [2.75, 3.05) is 0 Å². The number of hydrogen-bond acceptors (Lipinski definition) is 7. The molecule has 0 saturated heterocycles. The number of alkyl halides is 3. The molecule has 31 heavy (non-hydrogen) atoms. The molecule has 0 unspecified atom stereocenters. The summed E-state index contributed by atoms with van der Waals surface area (Å²) in [7, 11) is 0. The summed E-state index contributed by atoms with van der Waals surface area (Å²) in [5, 5.41) is 17.3. The van der Waals surface area contributed by atoms with Crippen LogP contribution in [0.3, 0.4) is 0 Å². The third kappa shape index (κ3) is 5.45. The fourth-order valence-electron chi connectivity index (χ4n) is 2.59. The van der Waals surface area contributed by atoms with Crippen molar-refractivity contribution in [1.82, 2.24) is 25.1 Å². The highest BCUT2D eigenvalue weighted by molar-refractivity contribution is 6.31. The number of hydrogen-bond donors (Lipinski definition) is 1. The first kappa shape index (κ1) is 22.0. The molecule has 0 spiro atoms. The summed E-state index contributed by atoms with van der Waals surface area (Å²) in [4.78, 5) is 30.9. The summed E-state index contributed by atoms with van der Waals surface area (Å²) in [5.41, 5.74) is -0.405. The van der Waals surface area contributed by atoms with Crippen LogP contribution in [0.15, 0.2) is 42.9 Å². The lowest BCUT2D eigenvalue weighted by molar-refractivity contribution is -0.384. The van der Waals surface area contributed by atoms with Crippen molar-refractivity contribution in [3.8, 4) is 11.6 Å². The van der Waals surface area contributed by atoms with Crippen LogP contribution in [0.25, 0.3) is 5.82 Å². The molecule has 162 valence electrons. The van der Waals surface area contributed by atoms with Crippen LogP contribution in [0.1, 0.15) is 29.1 Å². The molecule has 0 radical (unpaired) electrons. The lowest BCUT2D eigenvalue weighted by Gasteiger charge is -2.15. The Morgan fingerprint density at radius 1 is 1.29 bits per heavy atom. The molecule has 2 aromatic heterocycles. The van der Waals surface area contributed by atoms with Gasteiger partial charge >= 0.3 is 6.36 Å². The van der Waals surface area contributed by atoms with Crippen molar-refractivity contribution in [2.45, 2.75) is 19.3 Å². The molecule has 3 rings (SSSR count). The van der Waals surface area contributed by atoms with Gasteiger partial charge in [0.05, 0.1) is 17.0 Å². The highest BCUT2D eigenvalue weighted by Gasteiger charge is 2.31. The molecule has 0 aliphatic rings. The first-order valence-electron chi connectivity index (χ1n) is 8.41. The molecule has 1 atom stereocenters. The van der Waals surface area contributed by atoms with Gasteiger partial charge in [0.15, 0.2) is 11.6 Å². The SMILES string of the molecule is C[C@H](NC(=O)c1cc(Cl)cc(OC(F)(F)F)c1)c1ncnn1-c1cc([N+](=O)[O-])ccn1. The van der Waals surface area contributed by atoms with Gasteiger partial charge in [-0.25, -0.2) is 9.97 Å². The fraction of sp³-hybridized carbons (Fsp3) is 0.176. The van der Waals surface area contributed by atoms with Crippen LogP contribution < -0.4 is 10.1 Å². The average Bonchev–Trinajstić information content (AvgIpc) is 3.16. The van der Waals surface area contributed by atoms with Gasteiger partial charge in [-0.15, -0.1) is 13.2 Å². The highest BCUT2D eigenvalue weighted by atomic mass is 35.5. The Bertz CT molecular complexity index is 1140. The number of nitrogens with one attached hydrogen (secondary N) is 1. The standard InChI is InChI=1S/C17H12ClF3N6O4/c1-9(15-23-8-24-26(15)14-7-12(27(29)30)2-3-22-14)25-16(28)10-4-11(18)6-13(5-10)31-17(19,20)21/h2-9H,1H3,(H,25,28)/t9-/m0/s1. The molecule has 1 aromatic carbocycles. The Kier molecular flexibility index (Phi) is 6.06. The molecule has 2 heterocycles. The van der Waals surface area contributed by atoms with E-state index in [1.54, 1.807) is 0 Å². The van der Waals surface area contributed by atoms with Crippen LogP contribution in [0.2, 0.25) is 5.02 Å². The predicted octanol–water partition coefficient (Wildman–Crippen LogP) is 3.61. The van der Waals surface area contributed by atoms with Gasteiger partial charge in [0.1, 0.15) is 12.1 Å². The maximum absolute atomic E-state index is 12.5. The molecule has 3 aromatic rings. The second-order valence-electron chi connectivity index (χ2n) is 6.08. The van der Waals surface area contributed by atoms with Crippen LogP contribution in [0.4, 0.5) is 18.9 Å². The number of halogens is 4. The van der Waals surface area contributed by atoms with Crippen molar-refractivity contribution < 1.29 is 27.6 Å².